The minimum atomic E-state index is -0.818. The standard InChI is InChI=1S/C15H16N2O5/c1-3-22-12-7-5-9(4-6-11(12)21-2)8-10-13(18)16-15(20)17-14(10)19/h5-8H,3-4H2,1-2H3,(H2,16,17,18,19,20). The van der Waals surface area contributed by atoms with Gasteiger partial charge < -0.3 is 9.47 Å². The lowest BCUT2D eigenvalue weighted by atomic mass is 10.1. The van der Waals surface area contributed by atoms with Gasteiger partial charge in [-0.2, -0.15) is 0 Å². The van der Waals surface area contributed by atoms with E-state index in [0.29, 0.717) is 30.1 Å². The van der Waals surface area contributed by atoms with E-state index in [1.54, 1.807) is 18.2 Å². The second-order valence-corrected chi connectivity index (χ2v) is 4.48. The van der Waals surface area contributed by atoms with Crippen LogP contribution < -0.4 is 10.6 Å². The monoisotopic (exact) mass is 304 g/mol. The molecular formula is C15H16N2O5. The summed E-state index contributed by atoms with van der Waals surface area (Å²) in [5, 5.41) is 4.06. The summed E-state index contributed by atoms with van der Waals surface area (Å²) in [6, 6.07) is -0.818. The Balaban J connectivity index is 2.28. The number of ether oxygens (including phenoxy) is 2. The molecule has 0 aromatic rings. The first-order chi connectivity index (χ1) is 10.5. The summed E-state index contributed by atoms with van der Waals surface area (Å²) in [5.41, 5.74) is 0.588. The molecule has 0 aromatic carbocycles. The number of allylic oxidation sites excluding steroid dienone is 5. The number of hydrogen-bond donors (Lipinski definition) is 2. The molecule has 1 aliphatic carbocycles. The van der Waals surface area contributed by atoms with Gasteiger partial charge in [0.2, 0.25) is 0 Å². The molecule has 1 aliphatic heterocycles. The lowest BCUT2D eigenvalue weighted by Crippen LogP contribution is -2.51. The van der Waals surface area contributed by atoms with E-state index in [9.17, 15) is 14.4 Å². The van der Waals surface area contributed by atoms with Gasteiger partial charge in [0, 0.05) is 0 Å². The van der Waals surface area contributed by atoms with Gasteiger partial charge in [0.25, 0.3) is 11.8 Å². The van der Waals surface area contributed by atoms with Gasteiger partial charge in [-0.3, -0.25) is 20.2 Å². The normalized spacial score (nSPS) is 18.4. The van der Waals surface area contributed by atoms with E-state index in [1.807, 2.05) is 17.6 Å². The highest BCUT2D eigenvalue weighted by molar-refractivity contribution is 6.29. The first kappa shape index (κ1) is 15.6. The van der Waals surface area contributed by atoms with Gasteiger partial charge in [0.15, 0.2) is 11.5 Å². The molecule has 2 N–H and O–H groups in total. The molecule has 4 amide bonds. The molecule has 0 atom stereocenters. The minimum absolute atomic E-state index is 0.119. The molecule has 0 spiro atoms. The molecule has 22 heavy (non-hydrogen) atoms. The highest BCUT2D eigenvalue weighted by Crippen LogP contribution is 2.21. The second kappa shape index (κ2) is 6.75. The Morgan fingerprint density at radius 3 is 2.41 bits per heavy atom. The fraction of sp³-hybridized carbons (Fsp3) is 0.267. The van der Waals surface area contributed by atoms with E-state index >= 15 is 0 Å². The number of urea groups is 1. The summed E-state index contributed by atoms with van der Waals surface area (Å²) >= 11 is 0. The number of rotatable bonds is 4. The largest absolute Gasteiger partial charge is 0.493 e. The van der Waals surface area contributed by atoms with Crippen molar-refractivity contribution in [3.05, 3.63) is 47.0 Å². The summed E-state index contributed by atoms with van der Waals surface area (Å²) in [7, 11) is 1.54. The van der Waals surface area contributed by atoms with Crippen LogP contribution in [0.3, 0.4) is 0 Å². The van der Waals surface area contributed by atoms with Crippen molar-refractivity contribution >= 4 is 17.8 Å². The molecule has 1 heterocycles. The Bertz CT molecular complexity index is 618. The SMILES string of the molecule is CCOC1=CC=C(C=C2C(=O)NC(=O)NC2=O)CC=C1OC. The van der Waals surface area contributed by atoms with Crippen molar-refractivity contribution in [2.75, 3.05) is 13.7 Å². The first-order valence-electron chi connectivity index (χ1n) is 6.71. The zero-order valence-electron chi connectivity index (χ0n) is 12.3. The maximum atomic E-state index is 11.7. The highest BCUT2D eigenvalue weighted by atomic mass is 16.5. The van der Waals surface area contributed by atoms with Gasteiger partial charge in [0.1, 0.15) is 5.57 Å². The van der Waals surface area contributed by atoms with Crippen molar-refractivity contribution in [2.24, 2.45) is 0 Å². The number of methoxy groups -OCH3 is 1. The van der Waals surface area contributed by atoms with Crippen LogP contribution in [0.2, 0.25) is 0 Å². The minimum Gasteiger partial charge on any atom is -0.493 e. The fourth-order valence-corrected chi connectivity index (χ4v) is 2.00. The van der Waals surface area contributed by atoms with Crippen LogP contribution in [-0.2, 0) is 19.1 Å². The molecule has 0 radical (unpaired) electrons. The summed E-state index contributed by atoms with van der Waals surface area (Å²) in [6.45, 7) is 2.35. The van der Waals surface area contributed by atoms with Gasteiger partial charge >= 0.3 is 6.03 Å². The van der Waals surface area contributed by atoms with Crippen molar-refractivity contribution < 1.29 is 23.9 Å². The summed E-state index contributed by atoms with van der Waals surface area (Å²) < 4.78 is 10.7. The third-order valence-corrected chi connectivity index (χ3v) is 3.01. The van der Waals surface area contributed by atoms with Crippen molar-refractivity contribution in [3.63, 3.8) is 0 Å². The number of hydrogen-bond acceptors (Lipinski definition) is 5. The summed E-state index contributed by atoms with van der Waals surface area (Å²) in [5.74, 6) is -0.280. The average molecular weight is 304 g/mol. The molecule has 7 nitrogen and oxygen atoms in total. The number of amides is 4. The fourth-order valence-electron chi connectivity index (χ4n) is 2.00. The van der Waals surface area contributed by atoms with Crippen molar-refractivity contribution in [1.29, 1.82) is 0 Å². The number of nitrogens with one attached hydrogen (secondary N) is 2. The maximum absolute atomic E-state index is 11.7. The molecule has 0 bridgehead atoms. The second-order valence-electron chi connectivity index (χ2n) is 4.48. The van der Waals surface area contributed by atoms with Crippen molar-refractivity contribution in [3.8, 4) is 0 Å². The Hall–Kier alpha value is -2.83. The topological polar surface area (TPSA) is 93.7 Å². The number of carbonyl (C=O) groups excluding carboxylic acids is 3. The van der Waals surface area contributed by atoms with Crippen LogP contribution in [0.5, 0.6) is 0 Å². The molecule has 2 rings (SSSR count). The van der Waals surface area contributed by atoms with E-state index in [1.165, 1.54) is 13.2 Å². The van der Waals surface area contributed by atoms with Crippen LogP contribution in [0, 0.1) is 0 Å². The highest BCUT2D eigenvalue weighted by Gasteiger charge is 2.27. The quantitative estimate of drug-likeness (QED) is 0.598. The predicted octanol–water partition coefficient (Wildman–Crippen LogP) is 1.06. The lowest BCUT2D eigenvalue weighted by molar-refractivity contribution is -0.124. The maximum Gasteiger partial charge on any atom is 0.328 e. The van der Waals surface area contributed by atoms with Crippen LogP contribution in [-0.4, -0.2) is 31.6 Å². The van der Waals surface area contributed by atoms with Crippen molar-refractivity contribution in [2.45, 2.75) is 13.3 Å². The molecule has 1 saturated heterocycles. The van der Waals surface area contributed by atoms with Crippen molar-refractivity contribution in [1.82, 2.24) is 10.6 Å². The number of carbonyl (C=O) groups is 3. The number of imide groups is 2. The molecule has 1 fully saturated rings. The third kappa shape index (κ3) is 3.43. The third-order valence-electron chi connectivity index (χ3n) is 3.01. The molecule has 0 aromatic heterocycles. The van der Waals surface area contributed by atoms with Gasteiger partial charge in [-0.1, -0.05) is 6.08 Å². The van der Waals surface area contributed by atoms with Gasteiger partial charge in [-0.05, 0) is 37.1 Å². The zero-order chi connectivity index (χ0) is 16.1. The van der Waals surface area contributed by atoms with Crippen LogP contribution >= 0.6 is 0 Å². The predicted molar refractivity (Wildman–Crippen MR) is 77.3 cm³/mol. The van der Waals surface area contributed by atoms with Crippen LogP contribution in [0.1, 0.15) is 13.3 Å². The number of barbiturate groups is 1. The van der Waals surface area contributed by atoms with Crippen LogP contribution in [0.4, 0.5) is 4.79 Å². The summed E-state index contributed by atoms with van der Waals surface area (Å²) in [4.78, 5) is 34.4. The van der Waals surface area contributed by atoms with Crippen LogP contribution in [0.15, 0.2) is 47.0 Å². The summed E-state index contributed by atoms with van der Waals surface area (Å²) in [6.07, 6.45) is 7.13. The van der Waals surface area contributed by atoms with E-state index < -0.39 is 17.8 Å². The lowest BCUT2D eigenvalue weighted by Gasteiger charge is -2.14. The van der Waals surface area contributed by atoms with Gasteiger partial charge in [-0.15, -0.1) is 0 Å². The van der Waals surface area contributed by atoms with Gasteiger partial charge in [0.05, 0.1) is 13.7 Å². The Morgan fingerprint density at radius 2 is 1.82 bits per heavy atom. The van der Waals surface area contributed by atoms with Gasteiger partial charge in [-0.25, -0.2) is 4.79 Å². The van der Waals surface area contributed by atoms with E-state index in [0.717, 1.165) is 0 Å². The van der Waals surface area contributed by atoms with E-state index in [4.69, 9.17) is 9.47 Å². The molecule has 0 saturated carbocycles. The van der Waals surface area contributed by atoms with Crippen LogP contribution in [0.25, 0.3) is 0 Å². The zero-order valence-corrected chi connectivity index (χ0v) is 12.3. The molecular weight excluding hydrogens is 288 g/mol. The average Bonchev–Trinajstić information content (AvgIpc) is 2.65. The Kier molecular flexibility index (Phi) is 4.77. The Labute approximate surface area is 127 Å². The molecule has 116 valence electrons. The smallest absolute Gasteiger partial charge is 0.328 e. The van der Waals surface area contributed by atoms with E-state index in [-0.39, 0.29) is 5.57 Å². The Morgan fingerprint density at radius 1 is 1.14 bits per heavy atom. The molecule has 0 unspecified atom stereocenters. The first-order valence-corrected chi connectivity index (χ1v) is 6.71. The van der Waals surface area contributed by atoms with E-state index in [2.05, 4.69) is 0 Å². The molecule has 2 aliphatic rings. The molecule has 7 heteroatoms.